The SMILES string of the molecule is Cc1cc(C)cc(NS(=O)(=O)c2ccc(OCC(=O)Nc3ccc(C)cc3C)cc2)c1. The van der Waals surface area contributed by atoms with Crippen molar-refractivity contribution in [2.75, 3.05) is 16.6 Å². The van der Waals surface area contributed by atoms with Crippen molar-refractivity contribution < 1.29 is 17.9 Å². The number of hydrogen-bond acceptors (Lipinski definition) is 4. The molecule has 3 aromatic carbocycles. The molecule has 31 heavy (non-hydrogen) atoms. The largest absolute Gasteiger partial charge is 0.484 e. The van der Waals surface area contributed by atoms with Gasteiger partial charge in [-0.1, -0.05) is 23.8 Å². The van der Waals surface area contributed by atoms with Gasteiger partial charge in [0.25, 0.3) is 15.9 Å². The summed E-state index contributed by atoms with van der Waals surface area (Å²) in [5, 5.41) is 2.81. The van der Waals surface area contributed by atoms with Gasteiger partial charge in [0.15, 0.2) is 6.61 Å². The van der Waals surface area contributed by atoms with Crippen molar-refractivity contribution >= 4 is 27.3 Å². The Balaban J connectivity index is 1.61. The van der Waals surface area contributed by atoms with Crippen LogP contribution in [0.3, 0.4) is 0 Å². The quantitative estimate of drug-likeness (QED) is 0.558. The predicted octanol–water partition coefficient (Wildman–Crippen LogP) is 4.74. The lowest BCUT2D eigenvalue weighted by molar-refractivity contribution is -0.118. The van der Waals surface area contributed by atoms with E-state index >= 15 is 0 Å². The van der Waals surface area contributed by atoms with Crippen LogP contribution in [0.4, 0.5) is 11.4 Å². The van der Waals surface area contributed by atoms with Gasteiger partial charge in [0.05, 0.1) is 4.90 Å². The van der Waals surface area contributed by atoms with Gasteiger partial charge in [-0.15, -0.1) is 0 Å². The van der Waals surface area contributed by atoms with E-state index in [4.69, 9.17) is 4.74 Å². The molecule has 2 N–H and O–H groups in total. The van der Waals surface area contributed by atoms with Crippen LogP contribution in [0.5, 0.6) is 5.75 Å². The van der Waals surface area contributed by atoms with Crippen LogP contribution >= 0.6 is 0 Å². The Labute approximate surface area is 183 Å². The van der Waals surface area contributed by atoms with E-state index in [2.05, 4.69) is 10.0 Å². The zero-order valence-electron chi connectivity index (χ0n) is 18.0. The molecule has 0 atom stereocenters. The van der Waals surface area contributed by atoms with Crippen LogP contribution in [0.25, 0.3) is 0 Å². The number of amides is 1. The zero-order chi connectivity index (χ0) is 22.6. The van der Waals surface area contributed by atoms with Crippen LogP contribution < -0.4 is 14.8 Å². The lowest BCUT2D eigenvalue weighted by Crippen LogP contribution is -2.20. The van der Waals surface area contributed by atoms with Gasteiger partial charge in [0, 0.05) is 11.4 Å². The minimum absolute atomic E-state index is 0.110. The molecule has 0 heterocycles. The van der Waals surface area contributed by atoms with Crippen LogP contribution in [0.2, 0.25) is 0 Å². The molecule has 0 aromatic heterocycles. The minimum atomic E-state index is -3.73. The molecule has 3 rings (SSSR count). The molecule has 0 aliphatic heterocycles. The molecule has 0 radical (unpaired) electrons. The van der Waals surface area contributed by atoms with Crippen LogP contribution in [-0.4, -0.2) is 20.9 Å². The standard InChI is InChI=1S/C24H26N2O4S/c1-16-5-10-23(19(4)12-16)25-24(27)15-30-21-6-8-22(9-7-21)31(28,29)26-20-13-17(2)11-18(3)14-20/h5-14,26H,15H2,1-4H3,(H,25,27). The summed E-state index contributed by atoms with van der Waals surface area (Å²) >= 11 is 0. The van der Waals surface area contributed by atoms with E-state index in [1.165, 1.54) is 24.3 Å². The molecule has 0 unspecified atom stereocenters. The molecular formula is C24H26N2O4S. The normalized spacial score (nSPS) is 11.1. The number of aryl methyl sites for hydroxylation is 4. The summed E-state index contributed by atoms with van der Waals surface area (Å²) in [6.07, 6.45) is 0. The molecule has 0 aliphatic carbocycles. The first-order valence-corrected chi connectivity index (χ1v) is 11.3. The molecule has 3 aromatic rings. The van der Waals surface area contributed by atoms with Gasteiger partial charge in [-0.3, -0.25) is 9.52 Å². The van der Waals surface area contributed by atoms with Crippen molar-refractivity contribution in [2.45, 2.75) is 32.6 Å². The topological polar surface area (TPSA) is 84.5 Å². The monoisotopic (exact) mass is 438 g/mol. The summed E-state index contributed by atoms with van der Waals surface area (Å²) in [4.78, 5) is 12.3. The molecule has 0 bridgehead atoms. The summed E-state index contributed by atoms with van der Waals surface area (Å²) in [7, 11) is -3.73. The molecule has 7 heteroatoms. The fraction of sp³-hybridized carbons (Fsp3) is 0.208. The molecule has 0 saturated heterocycles. The van der Waals surface area contributed by atoms with Crippen molar-refractivity contribution in [1.29, 1.82) is 0 Å². The Kier molecular flexibility index (Phi) is 6.65. The first kappa shape index (κ1) is 22.4. The highest BCUT2D eigenvalue weighted by atomic mass is 32.2. The number of sulfonamides is 1. The molecule has 162 valence electrons. The van der Waals surface area contributed by atoms with Gasteiger partial charge in [0.1, 0.15) is 5.75 Å². The van der Waals surface area contributed by atoms with Crippen molar-refractivity contribution in [2.24, 2.45) is 0 Å². The van der Waals surface area contributed by atoms with Crippen LogP contribution in [0, 0.1) is 27.7 Å². The number of rotatable bonds is 7. The lowest BCUT2D eigenvalue weighted by atomic mass is 10.1. The Morgan fingerprint density at radius 2 is 1.48 bits per heavy atom. The Bertz CT molecular complexity index is 1180. The summed E-state index contributed by atoms with van der Waals surface area (Å²) in [6.45, 7) is 7.55. The van der Waals surface area contributed by atoms with Crippen LogP contribution in [0.1, 0.15) is 22.3 Å². The van der Waals surface area contributed by atoms with Crippen molar-refractivity contribution in [3.63, 3.8) is 0 Å². The second kappa shape index (κ2) is 9.22. The number of carbonyl (C=O) groups is 1. The van der Waals surface area contributed by atoms with E-state index in [1.54, 1.807) is 12.1 Å². The fourth-order valence-electron chi connectivity index (χ4n) is 3.25. The molecule has 0 saturated carbocycles. The van der Waals surface area contributed by atoms with Gasteiger partial charge in [-0.2, -0.15) is 0 Å². The highest BCUT2D eigenvalue weighted by molar-refractivity contribution is 7.92. The van der Waals surface area contributed by atoms with Crippen molar-refractivity contribution in [3.05, 3.63) is 82.9 Å². The summed E-state index contributed by atoms with van der Waals surface area (Å²) in [5.41, 5.74) is 5.29. The smallest absolute Gasteiger partial charge is 0.262 e. The van der Waals surface area contributed by atoms with E-state index in [9.17, 15) is 13.2 Å². The first-order chi connectivity index (χ1) is 14.6. The first-order valence-electron chi connectivity index (χ1n) is 9.83. The molecule has 0 fully saturated rings. The van der Waals surface area contributed by atoms with Crippen molar-refractivity contribution in [3.8, 4) is 5.75 Å². The fourth-order valence-corrected chi connectivity index (χ4v) is 4.29. The molecule has 0 aliphatic rings. The van der Waals surface area contributed by atoms with E-state index in [0.717, 1.165) is 27.9 Å². The maximum atomic E-state index is 12.6. The maximum absolute atomic E-state index is 12.6. The third kappa shape index (κ3) is 6.08. The van der Waals surface area contributed by atoms with Gasteiger partial charge >= 0.3 is 0 Å². The van der Waals surface area contributed by atoms with Gasteiger partial charge in [-0.05, 0) is 86.8 Å². The lowest BCUT2D eigenvalue weighted by Gasteiger charge is -2.12. The third-order valence-electron chi connectivity index (χ3n) is 4.63. The Morgan fingerprint density at radius 1 is 0.839 bits per heavy atom. The summed E-state index contributed by atoms with van der Waals surface area (Å²) in [6, 6.07) is 17.2. The molecular weight excluding hydrogens is 412 g/mol. The summed E-state index contributed by atoms with van der Waals surface area (Å²) in [5.74, 6) is 0.112. The van der Waals surface area contributed by atoms with Gasteiger partial charge in [-0.25, -0.2) is 8.42 Å². The highest BCUT2D eigenvalue weighted by Gasteiger charge is 2.15. The third-order valence-corrected chi connectivity index (χ3v) is 6.03. The molecule has 1 amide bonds. The van der Waals surface area contributed by atoms with Crippen LogP contribution in [-0.2, 0) is 14.8 Å². The predicted molar refractivity (Wildman–Crippen MR) is 123 cm³/mol. The highest BCUT2D eigenvalue weighted by Crippen LogP contribution is 2.21. The number of benzene rings is 3. The number of hydrogen-bond donors (Lipinski definition) is 2. The minimum Gasteiger partial charge on any atom is -0.484 e. The van der Waals surface area contributed by atoms with E-state index < -0.39 is 10.0 Å². The number of carbonyl (C=O) groups excluding carboxylic acids is 1. The zero-order valence-corrected chi connectivity index (χ0v) is 18.8. The number of ether oxygens (including phenoxy) is 1. The second-order valence-corrected chi connectivity index (χ2v) is 9.29. The van der Waals surface area contributed by atoms with Crippen molar-refractivity contribution in [1.82, 2.24) is 0 Å². The number of nitrogens with one attached hydrogen (secondary N) is 2. The van der Waals surface area contributed by atoms with Gasteiger partial charge < -0.3 is 10.1 Å². The Hall–Kier alpha value is -3.32. The van der Waals surface area contributed by atoms with E-state index in [1.807, 2.05) is 52.0 Å². The van der Waals surface area contributed by atoms with E-state index in [-0.39, 0.29) is 17.4 Å². The number of anilines is 2. The van der Waals surface area contributed by atoms with Gasteiger partial charge in [0.2, 0.25) is 0 Å². The molecule has 6 nitrogen and oxygen atoms in total. The second-order valence-electron chi connectivity index (χ2n) is 7.61. The molecule has 0 spiro atoms. The average Bonchev–Trinajstić information content (AvgIpc) is 2.68. The Morgan fingerprint density at radius 3 is 2.10 bits per heavy atom. The maximum Gasteiger partial charge on any atom is 0.262 e. The average molecular weight is 439 g/mol. The van der Waals surface area contributed by atoms with E-state index in [0.29, 0.717) is 11.4 Å². The summed E-state index contributed by atoms with van der Waals surface area (Å²) < 4.78 is 33.4. The van der Waals surface area contributed by atoms with Crippen LogP contribution in [0.15, 0.2) is 65.6 Å².